The van der Waals surface area contributed by atoms with Crippen LogP contribution >= 0.6 is 27.5 Å². The Kier molecular flexibility index (Phi) is 4.62. The number of carboxylic acids is 1. The van der Waals surface area contributed by atoms with Gasteiger partial charge in [-0.2, -0.15) is 0 Å². The molecule has 6 heteroatoms. The summed E-state index contributed by atoms with van der Waals surface area (Å²) >= 11 is 9.20. The minimum Gasteiger partial charge on any atom is -0.479 e. The number of nitrogens with one attached hydrogen (secondary N) is 1. The molecular formula is C14H10BrClFNO2. The van der Waals surface area contributed by atoms with Crippen molar-refractivity contribution in [3.8, 4) is 0 Å². The van der Waals surface area contributed by atoms with Crippen LogP contribution in [0, 0.1) is 5.82 Å². The topological polar surface area (TPSA) is 49.3 Å². The molecule has 104 valence electrons. The molecule has 0 amide bonds. The predicted octanol–water partition coefficient (Wildman–Crippen LogP) is 4.48. The van der Waals surface area contributed by atoms with Gasteiger partial charge in [0.25, 0.3) is 0 Å². The summed E-state index contributed by atoms with van der Waals surface area (Å²) in [5, 5.41) is 12.6. The van der Waals surface area contributed by atoms with Crippen LogP contribution in [0.3, 0.4) is 0 Å². The maximum Gasteiger partial charge on any atom is 0.330 e. The first kappa shape index (κ1) is 14.8. The van der Waals surface area contributed by atoms with Crippen LogP contribution in [-0.2, 0) is 4.79 Å². The molecule has 0 saturated carbocycles. The molecule has 0 heterocycles. The molecule has 2 aromatic carbocycles. The molecule has 20 heavy (non-hydrogen) atoms. The number of anilines is 1. The third kappa shape index (κ3) is 3.49. The van der Waals surface area contributed by atoms with E-state index in [9.17, 15) is 14.3 Å². The molecule has 2 N–H and O–H groups in total. The van der Waals surface area contributed by atoms with Gasteiger partial charge in [-0.1, -0.05) is 27.5 Å². The monoisotopic (exact) mass is 357 g/mol. The van der Waals surface area contributed by atoms with Gasteiger partial charge in [-0.25, -0.2) is 9.18 Å². The minimum atomic E-state index is -1.06. The van der Waals surface area contributed by atoms with Crippen molar-refractivity contribution in [2.24, 2.45) is 0 Å². The normalized spacial score (nSPS) is 11.9. The van der Waals surface area contributed by atoms with Crippen molar-refractivity contribution < 1.29 is 14.3 Å². The number of benzene rings is 2. The average molecular weight is 359 g/mol. The van der Waals surface area contributed by atoms with E-state index in [1.165, 1.54) is 24.3 Å². The number of hydrogen-bond acceptors (Lipinski definition) is 2. The van der Waals surface area contributed by atoms with Gasteiger partial charge >= 0.3 is 5.97 Å². The van der Waals surface area contributed by atoms with Gasteiger partial charge in [0.1, 0.15) is 5.82 Å². The van der Waals surface area contributed by atoms with E-state index in [2.05, 4.69) is 21.2 Å². The molecule has 0 spiro atoms. The van der Waals surface area contributed by atoms with E-state index >= 15 is 0 Å². The fraction of sp³-hybridized carbons (Fsp3) is 0.0714. The number of hydrogen-bond donors (Lipinski definition) is 2. The highest BCUT2D eigenvalue weighted by Gasteiger charge is 2.22. The highest BCUT2D eigenvalue weighted by Crippen LogP contribution is 2.29. The van der Waals surface area contributed by atoms with Crippen LogP contribution in [-0.4, -0.2) is 11.1 Å². The predicted molar refractivity (Wildman–Crippen MR) is 79.6 cm³/mol. The van der Waals surface area contributed by atoms with Gasteiger partial charge < -0.3 is 10.4 Å². The van der Waals surface area contributed by atoms with Crippen LogP contribution in [0.1, 0.15) is 11.6 Å². The lowest BCUT2D eigenvalue weighted by atomic mass is 10.1. The quantitative estimate of drug-likeness (QED) is 0.847. The first-order valence-corrected chi connectivity index (χ1v) is 6.84. The van der Waals surface area contributed by atoms with E-state index in [0.29, 0.717) is 20.7 Å². The largest absolute Gasteiger partial charge is 0.479 e. The third-order valence-electron chi connectivity index (χ3n) is 2.67. The Bertz CT molecular complexity index is 634. The van der Waals surface area contributed by atoms with Crippen LogP contribution in [0.4, 0.5) is 10.1 Å². The zero-order chi connectivity index (χ0) is 14.7. The molecule has 0 radical (unpaired) electrons. The third-order valence-corrected chi connectivity index (χ3v) is 3.63. The second-order valence-corrected chi connectivity index (χ2v) is 5.38. The Balaban J connectivity index is 2.34. The summed E-state index contributed by atoms with van der Waals surface area (Å²) in [5.74, 6) is -1.44. The van der Waals surface area contributed by atoms with Crippen molar-refractivity contribution >= 4 is 39.2 Å². The van der Waals surface area contributed by atoms with Crippen LogP contribution < -0.4 is 5.32 Å². The summed E-state index contributed by atoms with van der Waals surface area (Å²) in [5.41, 5.74) is 1.00. The first-order chi connectivity index (χ1) is 9.47. The molecule has 0 aliphatic carbocycles. The Hall–Kier alpha value is -1.59. The van der Waals surface area contributed by atoms with Crippen molar-refractivity contribution in [3.63, 3.8) is 0 Å². The number of carboxylic acid groups (broad SMARTS) is 1. The molecular weight excluding hydrogens is 349 g/mol. The molecule has 0 aliphatic heterocycles. The van der Waals surface area contributed by atoms with Gasteiger partial charge in [-0.3, -0.25) is 0 Å². The molecule has 0 aliphatic rings. The lowest BCUT2D eigenvalue weighted by Gasteiger charge is -2.18. The van der Waals surface area contributed by atoms with E-state index in [1.54, 1.807) is 18.2 Å². The summed E-state index contributed by atoms with van der Waals surface area (Å²) in [6.07, 6.45) is 0. The fourth-order valence-corrected chi connectivity index (χ4v) is 2.38. The summed E-state index contributed by atoms with van der Waals surface area (Å²) in [6.45, 7) is 0. The highest BCUT2D eigenvalue weighted by atomic mass is 79.9. The average Bonchev–Trinajstić information content (AvgIpc) is 2.41. The molecule has 3 nitrogen and oxygen atoms in total. The van der Waals surface area contributed by atoms with Crippen molar-refractivity contribution in [1.29, 1.82) is 0 Å². The van der Waals surface area contributed by atoms with E-state index in [-0.39, 0.29) is 5.82 Å². The summed E-state index contributed by atoms with van der Waals surface area (Å²) in [6, 6.07) is 9.39. The van der Waals surface area contributed by atoms with Gasteiger partial charge in [0.15, 0.2) is 6.04 Å². The number of halogens is 3. The molecule has 0 bridgehead atoms. The summed E-state index contributed by atoms with van der Waals surface area (Å²) in [7, 11) is 0. The first-order valence-electron chi connectivity index (χ1n) is 5.67. The van der Waals surface area contributed by atoms with Gasteiger partial charge in [0.05, 0.1) is 0 Å². The number of rotatable bonds is 4. The van der Waals surface area contributed by atoms with Gasteiger partial charge in [-0.15, -0.1) is 0 Å². The van der Waals surface area contributed by atoms with Crippen LogP contribution in [0.25, 0.3) is 0 Å². The van der Waals surface area contributed by atoms with E-state index in [1.807, 2.05) is 0 Å². The van der Waals surface area contributed by atoms with Crippen LogP contribution in [0.5, 0.6) is 0 Å². The Morgan fingerprint density at radius 1 is 1.25 bits per heavy atom. The molecule has 1 atom stereocenters. The van der Waals surface area contributed by atoms with Gasteiger partial charge in [0.2, 0.25) is 0 Å². The zero-order valence-corrected chi connectivity index (χ0v) is 12.5. The number of aliphatic carboxylic acids is 1. The summed E-state index contributed by atoms with van der Waals surface area (Å²) in [4.78, 5) is 11.4. The highest BCUT2D eigenvalue weighted by molar-refractivity contribution is 9.10. The lowest BCUT2D eigenvalue weighted by Crippen LogP contribution is -2.21. The van der Waals surface area contributed by atoms with Crippen LogP contribution in [0.2, 0.25) is 5.02 Å². The molecule has 2 rings (SSSR count). The van der Waals surface area contributed by atoms with Crippen molar-refractivity contribution in [2.45, 2.75) is 6.04 Å². The summed E-state index contributed by atoms with van der Waals surface area (Å²) < 4.78 is 13.5. The second kappa shape index (κ2) is 6.24. The molecule has 0 saturated heterocycles. The minimum absolute atomic E-state index is 0.383. The smallest absolute Gasteiger partial charge is 0.330 e. The molecule has 1 unspecified atom stereocenters. The SMILES string of the molecule is O=C(O)C(Nc1ccc(F)cc1)c1cc(Cl)ccc1Br. The maximum absolute atomic E-state index is 12.9. The van der Waals surface area contributed by atoms with Gasteiger partial charge in [0, 0.05) is 20.7 Å². The second-order valence-electron chi connectivity index (χ2n) is 4.09. The zero-order valence-electron chi connectivity index (χ0n) is 10.1. The fourth-order valence-electron chi connectivity index (χ4n) is 1.72. The van der Waals surface area contributed by atoms with E-state index in [0.717, 1.165) is 0 Å². The maximum atomic E-state index is 12.9. The van der Waals surface area contributed by atoms with Crippen molar-refractivity contribution in [1.82, 2.24) is 0 Å². The van der Waals surface area contributed by atoms with Gasteiger partial charge in [-0.05, 0) is 42.5 Å². The Labute approximate surface area is 128 Å². The Morgan fingerprint density at radius 3 is 2.50 bits per heavy atom. The Morgan fingerprint density at radius 2 is 1.90 bits per heavy atom. The molecule has 0 fully saturated rings. The van der Waals surface area contributed by atoms with Crippen molar-refractivity contribution in [2.75, 3.05) is 5.32 Å². The lowest BCUT2D eigenvalue weighted by molar-refractivity contribution is -0.138. The molecule has 2 aromatic rings. The molecule has 0 aromatic heterocycles. The van der Waals surface area contributed by atoms with E-state index < -0.39 is 12.0 Å². The standard InChI is InChI=1S/C14H10BrClFNO2/c15-12-6-1-8(16)7-11(12)13(14(19)20)18-10-4-2-9(17)3-5-10/h1-7,13,18H,(H,19,20). The van der Waals surface area contributed by atoms with E-state index in [4.69, 9.17) is 11.6 Å². The number of carbonyl (C=O) groups is 1. The van der Waals surface area contributed by atoms with Crippen molar-refractivity contribution in [3.05, 3.63) is 63.3 Å². The van der Waals surface area contributed by atoms with Crippen LogP contribution in [0.15, 0.2) is 46.9 Å².